The van der Waals surface area contributed by atoms with E-state index in [4.69, 9.17) is 4.74 Å². The Morgan fingerprint density at radius 2 is 1.82 bits per heavy atom. The lowest BCUT2D eigenvalue weighted by Crippen LogP contribution is -2.33. The largest absolute Gasteiger partial charge is 0.373 e. The van der Waals surface area contributed by atoms with Gasteiger partial charge in [0.2, 0.25) is 0 Å². The zero-order valence-corrected chi connectivity index (χ0v) is 8.18. The highest BCUT2D eigenvalue weighted by Gasteiger charge is 2.27. The van der Waals surface area contributed by atoms with Crippen LogP contribution in [0.2, 0.25) is 0 Å². The molecule has 0 heterocycles. The summed E-state index contributed by atoms with van der Waals surface area (Å²) in [6, 6.07) is 0. The molecule has 1 nitrogen and oxygen atoms in total. The lowest BCUT2D eigenvalue weighted by Gasteiger charge is -2.35. The molecule has 1 heteroatoms. The van der Waals surface area contributed by atoms with Crippen molar-refractivity contribution in [1.29, 1.82) is 0 Å². The van der Waals surface area contributed by atoms with Gasteiger partial charge in [-0.1, -0.05) is 6.42 Å². The number of rotatable bonds is 2. The molecule has 0 aromatic rings. The standard InChI is InChI=1S/C10H20O/c1-8(9-6-5-7-9)11-10(2,3)4/h8-9H,5-7H2,1-4H3. The van der Waals surface area contributed by atoms with Gasteiger partial charge in [0.05, 0.1) is 11.7 Å². The first-order chi connectivity index (χ1) is 4.99. The molecule has 1 aliphatic carbocycles. The van der Waals surface area contributed by atoms with Gasteiger partial charge in [0.15, 0.2) is 0 Å². The maximum absolute atomic E-state index is 5.84. The molecule has 11 heavy (non-hydrogen) atoms. The Bertz CT molecular complexity index is 119. The molecule has 1 saturated carbocycles. The second-order valence-corrected chi connectivity index (χ2v) is 4.63. The third kappa shape index (κ3) is 2.82. The van der Waals surface area contributed by atoms with Crippen molar-refractivity contribution in [3.8, 4) is 0 Å². The molecule has 0 amide bonds. The van der Waals surface area contributed by atoms with Crippen molar-refractivity contribution in [2.45, 2.75) is 58.7 Å². The summed E-state index contributed by atoms with van der Waals surface area (Å²) in [6.45, 7) is 8.58. The zero-order valence-electron chi connectivity index (χ0n) is 8.18. The normalized spacial score (nSPS) is 22.9. The van der Waals surface area contributed by atoms with Crippen molar-refractivity contribution in [3.05, 3.63) is 0 Å². The van der Waals surface area contributed by atoms with Crippen molar-refractivity contribution >= 4 is 0 Å². The number of ether oxygens (including phenoxy) is 1. The van der Waals surface area contributed by atoms with Crippen molar-refractivity contribution in [2.75, 3.05) is 0 Å². The number of hydrogen-bond donors (Lipinski definition) is 0. The summed E-state index contributed by atoms with van der Waals surface area (Å²) in [5.41, 5.74) is 0.0367. The first-order valence-electron chi connectivity index (χ1n) is 4.67. The van der Waals surface area contributed by atoms with Gasteiger partial charge < -0.3 is 4.74 Å². The molecule has 1 aliphatic rings. The molecule has 0 aromatic carbocycles. The van der Waals surface area contributed by atoms with Crippen LogP contribution in [0.4, 0.5) is 0 Å². The Hall–Kier alpha value is -0.0400. The molecule has 1 rings (SSSR count). The van der Waals surface area contributed by atoms with Gasteiger partial charge in [-0.25, -0.2) is 0 Å². The molecule has 1 fully saturated rings. The molecular weight excluding hydrogens is 136 g/mol. The molecule has 0 spiro atoms. The first kappa shape index (κ1) is 9.05. The van der Waals surface area contributed by atoms with Crippen molar-refractivity contribution < 1.29 is 4.74 Å². The predicted octanol–water partition coefficient (Wildman–Crippen LogP) is 2.99. The summed E-state index contributed by atoms with van der Waals surface area (Å²) in [6.07, 6.45) is 4.61. The lowest BCUT2D eigenvalue weighted by molar-refractivity contribution is -0.0899. The molecule has 0 N–H and O–H groups in total. The SMILES string of the molecule is CC(OC(C)(C)C)C1CCC1. The van der Waals surface area contributed by atoms with Crippen molar-refractivity contribution in [2.24, 2.45) is 5.92 Å². The summed E-state index contributed by atoms with van der Waals surface area (Å²) in [5, 5.41) is 0. The maximum Gasteiger partial charge on any atom is 0.0602 e. The smallest absolute Gasteiger partial charge is 0.0602 e. The first-order valence-corrected chi connectivity index (χ1v) is 4.67. The zero-order chi connectivity index (χ0) is 8.48. The van der Waals surface area contributed by atoms with E-state index < -0.39 is 0 Å². The van der Waals surface area contributed by atoms with Crippen LogP contribution in [-0.4, -0.2) is 11.7 Å². The average Bonchev–Trinajstić information content (AvgIpc) is 1.50. The van der Waals surface area contributed by atoms with E-state index in [-0.39, 0.29) is 5.60 Å². The highest BCUT2D eigenvalue weighted by molar-refractivity contribution is 4.77. The summed E-state index contributed by atoms with van der Waals surface area (Å²) in [4.78, 5) is 0. The van der Waals surface area contributed by atoms with E-state index in [0.29, 0.717) is 6.10 Å². The Kier molecular flexibility index (Phi) is 2.58. The van der Waals surface area contributed by atoms with Crippen molar-refractivity contribution in [1.82, 2.24) is 0 Å². The second kappa shape index (κ2) is 3.14. The summed E-state index contributed by atoms with van der Waals surface area (Å²) in [7, 11) is 0. The van der Waals surface area contributed by atoms with Gasteiger partial charge in [-0.2, -0.15) is 0 Å². The van der Waals surface area contributed by atoms with E-state index in [1.165, 1.54) is 19.3 Å². The molecule has 0 radical (unpaired) electrons. The minimum Gasteiger partial charge on any atom is -0.373 e. The maximum atomic E-state index is 5.84. The Morgan fingerprint density at radius 1 is 1.27 bits per heavy atom. The highest BCUT2D eigenvalue weighted by Crippen LogP contribution is 2.32. The van der Waals surface area contributed by atoms with Gasteiger partial charge >= 0.3 is 0 Å². The minimum atomic E-state index is 0.0367. The molecule has 0 aromatic heterocycles. The second-order valence-electron chi connectivity index (χ2n) is 4.63. The van der Waals surface area contributed by atoms with Gasteiger partial charge in [0, 0.05) is 0 Å². The minimum absolute atomic E-state index is 0.0367. The fourth-order valence-electron chi connectivity index (χ4n) is 1.56. The van der Waals surface area contributed by atoms with Crippen LogP contribution < -0.4 is 0 Å². The quantitative estimate of drug-likeness (QED) is 0.597. The molecular formula is C10H20O. The van der Waals surface area contributed by atoms with E-state index in [1.807, 2.05) is 0 Å². The summed E-state index contributed by atoms with van der Waals surface area (Å²) < 4.78 is 5.84. The van der Waals surface area contributed by atoms with E-state index in [0.717, 1.165) is 5.92 Å². The van der Waals surface area contributed by atoms with Gasteiger partial charge in [0.25, 0.3) is 0 Å². The van der Waals surface area contributed by atoms with Crippen molar-refractivity contribution in [3.63, 3.8) is 0 Å². The summed E-state index contributed by atoms with van der Waals surface area (Å²) in [5.74, 6) is 0.842. The molecule has 1 atom stereocenters. The van der Waals surface area contributed by atoms with E-state index >= 15 is 0 Å². The third-order valence-electron chi connectivity index (χ3n) is 2.35. The van der Waals surface area contributed by atoms with Crippen LogP contribution in [0.3, 0.4) is 0 Å². The lowest BCUT2D eigenvalue weighted by atomic mass is 9.81. The topological polar surface area (TPSA) is 9.23 Å². The van der Waals surface area contributed by atoms with E-state index in [9.17, 15) is 0 Å². The predicted molar refractivity (Wildman–Crippen MR) is 47.6 cm³/mol. The number of hydrogen-bond acceptors (Lipinski definition) is 1. The van der Waals surface area contributed by atoms with E-state index in [2.05, 4.69) is 27.7 Å². The molecule has 0 saturated heterocycles. The molecule has 66 valence electrons. The Labute approximate surface area is 70.1 Å². The molecule has 0 aliphatic heterocycles. The van der Waals surface area contributed by atoms with Gasteiger partial charge in [-0.3, -0.25) is 0 Å². The van der Waals surface area contributed by atoms with Crippen LogP contribution in [0.15, 0.2) is 0 Å². The van der Waals surface area contributed by atoms with Crippen LogP contribution in [0.1, 0.15) is 47.0 Å². The molecule has 0 bridgehead atoms. The highest BCUT2D eigenvalue weighted by atomic mass is 16.5. The Morgan fingerprint density at radius 3 is 2.09 bits per heavy atom. The van der Waals surface area contributed by atoms with Gasteiger partial charge in [-0.15, -0.1) is 0 Å². The third-order valence-corrected chi connectivity index (χ3v) is 2.35. The molecule has 1 unspecified atom stereocenters. The van der Waals surface area contributed by atoms with Crippen LogP contribution >= 0.6 is 0 Å². The van der Waals surface area contributed by atoms with Crippen LogP contribution in [0.5, 0.6) is 0 Å². The average molecular weight is 156 g/mol. The van der Waals surface area contributed by atoms with Gasteiger partial charge in [0.1, 0.15) is 0 Å². The van der Waals surface area contributed by atoms with Gasteiger partial charge in [-0.05, 0) is 46.5 Å². The monoisotopic (exact) mass is 156 g/mol. The fourth-order valence-corrected chi connectivity index (χ4v) is 1.56. The summed E-state index contributed by atoms with van der Waals surface area (Å²) >= 11 is 0. The van der Waals surface area contributed by atoms with Crippen LogP contribution in [-0.2, 0) is 4.74 Å². The van der Waals surface area contributed by atoms with Crippen LogP contribution in [0.25, 0.3) is 0 Å². The van der Waals surface area contributed by atoms with Crippen LogP contribution in [0, 0.1) is 5.92 Å². The Balaban J connectivity index is 2.24. The fraction of sp³-hybridized carbons (Fsp3) is 1.00. The van der Waals surface area contributed by atoms with E-state index in [1.54, 1.807) is 0 Å².